The van der Waals surface area contributed by atoms with E-state index in [0.717, 1.165) is 11.1 Å². The molecular weight excluding hydrogens is 324 g/mol. The van der Waals surface area contributed by atoms with Gasteiger partial charge in [0.25, 0.3) is 5.91 Å². The Morgan fingerprint density at radius 2 is 2.25 bits per heavy atom. The van der Waals surface area contributed by atoms with Crippen LogP contribution in [0.4, 0.5) is 5.69 Å². The van der Waals surface area contributed by atoms with Gasteiger partial charge in [-0.2, -0.15) is 0 Å². The summed E-state index contributed by atoms with van der Waals surface area (Å²) < 4.78 is 5.52. The van der Waals surface area contributed by atoms with Crippen LogP contribution in [0.25, 0.3) is 17.2 Å². The van der Waals surface area contributed by atoms with Crippen molar-refractivity contribution >= 4 is 45.7 Å². The van der Waals surface area contributed by atoms with E-state index in [0.29, 0.717) is 27.2 Å². The van der Waals surface area contributed by atoms with Crippen molar-refractivity contribution < 1.29 is 9.21 Å². The highest BCUT2D eigenvalue weighted by Crippen LogP contribution is 2.28. The zero-order chi connectivity index (χ0) is 16.5. The number of aryl methyl sites for hydroxylation is 1. The Balaban J connectivity index is 1.62. The second kappa shape index (κ2) is 5.93. The van der Waals surface area contributed by atoms with Gasteiger partial charge in [-0.15, -0.1) is 0 Å². The van der Waals surface area contributed by atoms with E-state index in [1.807, 2.05) is 30.3 Å². The number of aromatic nitrogens is 2. The maximum atomic E-state index is 12.1. The van der Waals surface area contributed by atoms with E-state index in [1.165, 1.54) is 11.8 Å². The van der Waals surface area contributed by atoms with Gasteiger partial charge in [0.2, 0.25) is 0 Å². The first-order valence-corrected chi connectivity index (χ1v) is 8.06. The molecule has 1 aliphatic heterocycles. The van der Waals surface area contributed by atoms with Crippen molar-refractivity contribution in [2.45, 2.75) is 6.92 Å². The van der Waals surface area contributed by atoms with E-state index < -0.39 is 0 Å². The number of rotatable bonds is 2. The quantitative estimate of drug-likeness (QED) is 0.725. The van der Waals surface area contributed by atoms with Gasteiger partial charge in [-0.25, -0.2) is 9.98 Å². The topological polar surface area (TPSA) is 80.4 Å². The van der Waals surface area contributed by atoms with E-state index in [4.69, 9.17) is 4.42 Å². The molecule has 1 aliphatic rings. The van der Waals surface area contributed by atoms with E-state index >= 15 is 0 Å². The van der Waals surface area contributed by atoms with Gasteiger partial charge in [-0.3, -0.25) is 9.78 Å². The normalized spacial score (nSPS) is 17.8. The molecule has 1 fully saturated rings. The van der Waals surface area contributed by atoms with E-state index in [-0.39, 0.29) is 5.91 Å². The number of thioether (sulfide) groups is 1. The van der Waals surface area contributed by atoms with Crippen molar-refractivity contribution in [2.24, 2.45) is 4.99 Å². The number of oxazole rings is 1. The minimum Gasteiger partial charge on any atom is -0.441 e. The number of aliphatic imine (C=N–C) groups is 1. The smallest absolute Gasteiger partial charge is 0.264 e. The summed E-state index contributed by atoms with van der Waals surface area (Å²) in [5.74, 6) is 0.449. The molecule has 1 aromatic carbocycles. The molecule has 0 atom stereocenters. The Morgan fingerprint density at radius 1 is 1.33 bits per heavy atom. The number of nitrogens with one attached hydrogen (secondary N) is 1. The molecule has 0 radical (unpaired) electrons. The highest BCUT2D eigenvalue weighted by Gasteiger charge is 2.23. The number of benzene rings is 1. The highest BCUT2D eigenvalue weighted by molar-refractivity contribution is 8.18. The summed E-state index contributed by atoms with van der Waals surface area (Å²) in [6.45, 7) is 1.81. The molecule has 3 heterocycles. The van der Waals surface area contributed by atoms with Gasteiger partial charge in [0.05, 0.1) is 16.8 Å². The minimum atomic E-state index is -0.170. The predicted molar refractivity (Wildman–Crippen MR) is 93.8 cm³/mol. The Labute approximate surface area is 141 Å². The van der Waals surface area contributed by atoms with Crippen molar-refractivity contribution in [3.05, 3.63) is 59.1 Å². The van der Waals surface area contributed by atoms with Gasteiger partial charge in [0.1, 0.15) is 5.52 Å². The molecule has 0 spiro atoms. The summed E-state index contributed by atoms with van der Waals surface area (Å²) in [6.07, 6.45) is 5.13. The fourth-order valence-electron chi connectivity index (χ4n) is 2.32. The van der Waals surface area contributed by atoms with Crippen molar-refractivity contribution in [3.8, 4) is 0 Å². The zero-order valence-corrected chi connectivity index (χ0v) is 13.5. The summed E-state index contributed by atoms with van der Waals surface area (Å²) >= 11 is 1.30. The molecule has 0 saturated carbocycles. The molecule has 1 saturated heterocycles. The van der Waals surface area contributed by atoms with Crippen LogP contribution in [-0.4, -0.2) is 21.0 Å². The molecule has 118 valence electrons. The molecular formula is C17H12N4O2S. The van der Waals surface area contributed by atoms with Gasteiger partial charge >= 0.3 is 0 Å². The third kappa shape index (κ3) is 2.93. The Bertz CT molecular complexity index is 992. The van der Waals surface area contributed by atoms with Crippen LogP contribution in [0.1, 0.15) is 11.5 Å². The summed E-state index contributed by atoms with van der Waals surface area (Å²) in [5.41, 5.74) is 3.07. The fourth-order valence-corrected chi connectivity index (χ4v) is 3.16. The second-order valence-corrected chi connectivity index (χ2v) is 6.18. The van der Waals surface area contributed by atoms with Crippen LogP contribution < -0.4 is 5.32 Å². The fraction of sp³-hybridized carbons (Fsp3) is 0.0588. The lowest BCUT2D eigenvalue weighted by atomic mass is 10.2. The van der Waals surface area contributed by atoms with Crippen LogP contribution in [0.15, 0.2) is 57.0 Å². The van der Waals surface area contributed by atoms with Crippen molar-refractivity contribution in [3.63, 3.8) is 0 Å². The zero-order valence-electron chi connectivity index (χ0n) is 12.7. The van der Waals surface area contributed by atoms with Crippen molar-refractivity contribution in [2.75, 3.05) is 0 Å². The maximum absolute atomic E-state index is 12.1. The lowest BCUT2D eigenvalue weighted by Crippen LogP contribution is -2.19. The summed E-state index contributed by atoms with van der Waals surface area (Å²) in [4.78, 5) is 25.3. The lowest BCUT2D eigenvalue weighted by molar-refractivity contribution is -0.115. The first-order chi connectivity index (χ1) is 11.7. The van der Waals surface area contributed by atoms with Crippen LogP contribution in [0.3, 0.4) is 0 Å². The molecule has 3 aromatic rings. The lowest BCUT2D eigenvalue weighted by Gasteiger charge is -1.95. The SMILES string of the molecule is Cc1nc2ccc(/C=C3\SC(=Nc4cccnc4)NC3=O)cc2o1. The molecule has 0 bridgehead atoms. The van der Waals surface area contributed by atoms with E-state index in [1.54, 1.807) is 25.4 Å². The Hall–Kier alpha value is -2.93. The number of fused-ring (bicyclic) bond motifs is 1. The average Bonchev–Trinajstić information content (AvgIpc) is 3.10. The van der Waals surface area contributed by atoms with Crippen LogP contribution >= 0.6 is 11.8 Å². The summed E-state index contributed by atoms with van der Waals surface area (Å²) in [5, 5.41) is 3.29. The number of hydrogen-bond donors (Lipinski definition) is 1. The van der Waals surface area contributed by atoms with Crippen molar-refractivity contribution in [1.82, 2.24) is 15.3 Å². The Kier molecular flexibility index (Phi) is 3.62. The van der Waals surface area contributed by atoms with Gasteiger partial charge in [0, 0.05) is 13.1 Å². The van der Waals surface area contributed by atoms with Gasteiger partial charge in [-0.1, -0.05) is 6.07 Å². The van der Waals surface area contributed by atoms with E-state index in [9.17, 15) is 4.79 Å². The van der Waals surface area contributed by atoms with Crippen LogP contribution in [-0.2, 0) is 4.79 Å². The number of pyridine rings is 1. The molecule has 24 heavy (non-hydrogen) atoms. The van der Waals surface area contributed by atoms with Crippen molar-refractivity contribution in [1.29, 1.82) is 0 Å². The highest BCUT2D eigenvalue weighted by atomic mass is 32.2. The molecule has 2 aromatic heterocycles. The van der Waals surface area contributed by atoms with Gasteiger partial charge < -0.3 is 9.73 Å². The molecule has 1 N–H and O–H groups in total. The molecule has 7 heteroatoms. The third-order valence-electron chi connectivity index (χ3n) is 3.34. The summed E-state index contributed by atoms with van der Waals surface area (Å²) in [7, 11) is 0. The molecule has 0 unspecified atom stereocenters. The van der Waals surface area contributed by atoms with Crippen LogP contribution in [0.2, 0.25) is 0 Å². The largest absolute Gasteiger partial charge is 0.441 e. The monoisotopic (exact) mass is 336 g/mol. The van der Waals surface area contributed by atoms with E-state index in [2.05, 4.69) is 20.3 Å². The second-order valence-electron chi connectivity index (χ2n) is 5.15. The third-order valence-corrected chi connectivity index (χ3v) is 4.25. The molecule has 1 amide bonds. The number of carbonyl (C=O) groups is 1. The number of amidine groups is 1. The number of carbonyl (C=O) groups excluding carboxylic acids is 1. The molecule has 0 aliphatic carbocycles. The maximum Gasteiger partial charge on any atom is 0.264 e. The standard InChI is InChI=1S/C17H12N4O2S/c1-10-19-13-5-4-11(7-14(13)23-10)8-15-16(22)21-17(24-15)20-12-3-2-6-18-9-12/h2-9H,1H3,(H,20,21,22)/b15-8-. The molecule has 6 nitrogen and oxygen atoms in total. The predicted octanol–water partition coefficient (Wildman–Crippen LogP) is 3.42. The number of hydrogen-bond acceptors (Lipinski definition) is 6. The van der Waals surface area contributed by atoms with Crippen LogP contribution in [0.5, 0.6) is 0 Å². The summed E-state index contributed by atoms with van der Waals surface area (Å²) in [6, 6.07) is 9.27. The number of amides is 1. The van der Waals surface area contributed by atoms with Crippen LogP contribution in [0, 0.1) is 6.92 Å². The van der Waals surface area contributed by atoms with Gasteiger partial charge in [-0.05, 0) is 47.7 Å². The number of nitrogens with zero attached hydrogens (tertiary/aromatic N) is 3. The average molecular weight is 336 g/mol. The minimum absolute atomic E-state index is 0.170. The first kappa shape index (κ1) is 14.6. The Morgan fingerprint density at radius 3 is 3.08 bits per heavy atom. The van der Waals surface area contributed by atoms with Gasteiger partial charge in [0.15, 0.2) is 16.6 Å². The molecule has 4 rings (SSSR count). The first-order valence-electron chi connectivity index (χ1n) is 7.24.